The normalized spacial score (nSPS) is 18.6. The number of aliphatic hydroxyl groups excluding tert-OH is 1. The molecular formula is C20H12BrFN2O3S. The molecule has 2 aromatic carbocycles. The molecule has 4 rings (SSSR count). The van der Waals surface area contributed by atoms with E-state index in [9.17, 15) is 19.1 Å². The lowest BCUT2D eigenvalue weighted by atomic mass is 9.95. The number of carbonyl (C=O) groups excluding carboxylic acids is 2. The van der Waals surface area contributed by atoms with Gasteiger partial charge in [-0.15, -0.1) is 11.3 Å². The minimum atomic E-state index is -0.853. The summed E-state index contributed by atoms with van der Waals surface area (Å²) < 4.78 is 14.0. The molecule has 2 heterocycles. The van der Waals surface area contributed by atoms with Gasteiger partial charge >= 0.3 is 5.91 Å². The van der Waals surface area contributed by atoms with Crippen LogP contribution in [0, 0.1) is 5.82 Å². The SMILES string of the molecule is O=C1C(=O)N(c2nccs2)[C@H](c2cccc(Br)c2)C1=C(O)c1ccc(F)cc1. The fraction of sp³-hybridized carbons (Fsp3) is 0.0500. The number of anilines is 1. The summed E-state index contributed by atoms with van der Waals surface area (Å²) in [4.78, 5) is 31.1. The molecule has 3 aromatic rings. The smallest absolute Gasteiger partial charge is 0.301 e. The number of hydrogen-bond acceptors (Lipinski definition) is 5. The van der Waals surface area contributed by atoms with Crippen LogP contribution in [0.3, 0.4) is 0 Å². The highest BCUT2D eigenvalue weighted by molar-refractivity contribution is 9.10. The molecule has 1 aliphatic heterocycles. The van der Waals surface area contributed by atoms with Crippen LogP contribution in [0.1, 0.15) is 17.2 Å². The second-order valence-electron chi connectivity index (χ2n) is 6.05. The highest BCUT2D eigenvalue weighted by Crippen LogP contribution is 2.43. The van der Waals surface area contributed by atoms with E-state index in [4.69, 9.17) is 0 Å². The minimum absolute atomic E-state index is 0.0649. The van der Waals surface area contributed by atoms with Crippen molar-refractivity contribution in [1.29, 1.82) is 0 Å². The summed E-state index contributed by atoms with van der Waals surface area (Å²) in [5, 5.41) is 12.9. The highest BCUT2D eigenvalue weighted by atomic mass is 79.9. The number of hydrogen-bond donors (Lipinski definition) is 1. The Morgan fingerprint density at radius 3 is 2.57 bits per heavy atom. The zero-order valence-electron chi connectivity index (χ0n) is 14.2. The third-order valence-electron chi connectivity index (χ3n) is 4.35. The quantitative estimate of drug-likeness (QED) is 0.351. The van der Waals surface area contributed by atoms with Crippen molar-refractivity contribution in [1.82, 2.24) is 4.98 Å². The summed E-state index contributed by atoms with van der Waals surface area (Å²) in [5.41, 5.74) is 0.816. The van der Waals surface area contributed by atoms with Crippen LogP contribution in [0.2, 0.25) is 0 Å². The Balaban J connectivity index is 1.95. The van der Waals surface area contributed by atoms with Gasteiger partial charge in [0, 0.05) is 21.6 Å². The number of rotatable bonds is 3. The molecule has 28 heavy (non-hydrogen) atoms. The number of ketones is 1. The predicted molar refractivity (Wildman–Crippen MR) is 107 cm³/mol. The Kier molecular flexibility index (Phi) is 4.82. The topological polar surface area (TPSA) is 70.5 Å². The van der Waals surface area contributed by atoms with Gasteiger partial charge in [0.1, 0.15) is 11.6 Å². The van der Waals surface area contributed by atoms with Crippen LogP contribution in [0.15, 0.2) is 70.2 Å². The Morgan fingerprint density at radius 2 is 1.93 bits per heavy atom. The number of halogens is 2. The van der Waals surface area contributed by atoms with E-state index in [1.54, 1.807) is 23.6 Å². The minimum Gasteiger partial charge on any atom is -0.507 e. The Labute approximate surface area is 171 Å². The fourth-order valence-corrected chi connectivity index (χ4v) is 4.20. The largest absolute Gasteiger partial charge is 0.507 e. The van der Waals surface area contributed by atoms with Gasteiger partial charge in [-0.25, -0.2) is 9.37 Å². The molecule has 1 saturated heterocycles. The van der Waals surface area contributed by atoms with Crippen LogP contribution in [-0.4, -0.2) is 21.8 Å². The number of aromatic nitrogens is 1. The lowest BCUT2D eigenvalue weighted by Gasteiger charge is -2.23. The lowest BCUT2D eigenvalue weighted by molar-refractivity contribution is -0.132. The number of Topliss-reactive ketones (excluding diaryl/α,β-unsaturated/α-hetero) is 1. The molecule has 0 unspecified atom stereocenters. The maximum atomic E-state index is 13.3. The average Bonchev–Trinajstić information content (AvgIpc) is 3.29. The monoisotopic (exact) mass is 458 g/mol. The highest BCUT2D eigenvalue weighted by Gasteiger charge is 2.47. The summed E-state index contributed by atoms with van der Waals surface area (Å²) >= 11 is 4.61. The van der Waals surface area contributed by atoms with E-state index in [0.29, 0.717) is 10.7 Å². The van der Waals surface area contributed by atoms with Crippen LogP contribution in [0.4, 0.5) is 9.52 Å². The number of benzene rings is 2. The van der Waals surface area contributed by atoms with Crippen molar-refractivity contribution in [3.63, 3.8) is 0 Å². The van der Waals surface area contributed by atoms with Gasteiger partial charge in [0.25, 0.3) is 5.78 Å². The third-order valence-corrected chi connectivity index (χ3v) is 5.62. The first-order chi connectivity index (χ1) is 13.5. The van der Waals surface area contributed by atoms with Crippen molar-refractivity contribution in [3.05, 3.63) is 87.1 Å². The van der Waals surface area contributed by atoms with Gasteiger partial charge in [0.15, 0.2) is 5.13 Å². The van der Waals surface area contributed by atoms with Crippen LogP contribution in [-0.2, 0) is 9.59 Å². The molecule has 0 spiro atoms. The zero-order valence-corrected chi connectivity index (χ0v) is 16.6. The van der Waals surface area contributed by atoms with E-state index in [1.807, 2.05) is 6.07 Å². The van der Waals surface area contributed by atoms with Gasteiger partial charge in [0.05, 0.1) is 11.6 Å². The van der Waals surface area contributed by atoms with Crippen molar-refractivity contribution < 1.29 is 19.1 Å². The summed E-state index contributed by atoms with van der Waals surface area (Å²) in [6.07, 6.45) is 1.54. The molecular weight excluding hydrogens is 447 g/mol. The van der Waals surface area contributed by atoms with Gasteiger partial charge in [-0.1, -0.05) is 28.1 Å². The van der Waals surface area contributed by atoms with Crippen LogP contribution >= 0.6 is 27.3 Å². The molecule has 1 amide bonds. The van der Waals surface area contributed by atoms with E-state index in [1.165, 1.54) is 46.7 Å². The second-order valence-corrected chi connectivity index (χ2v) is 7.83. The van der Waals surface area contributed by atoms with Gasteiger partial charge in [0.2, 0.25) is 0 Å². The van der Waals surface area contributed by atoms with E-state index >= 15 is 0 Å². The number of amides is 1. The number of thiazole rings is 1. The van der Waals surface area contributed by atoms with Crippen molar-refractivity contribution >= 4 is 49.8 Å². The van der Waals surface area contributed by atoms with Gasteiger partial charge in [-0.3, -0.25) is 14.5 Å². The molecule has 0 radical (unpaired) electrons. The van der Waals surface area contributed by atoms with Crippen molar-refractivity contribution in [2.75, 3.05) is 4.90 Å². The first-order valence-corrected chi connectivity index (χ1v) is 9.86. The summed E-state index contributed by atoms with van der Waals surface area (Å²) in [6.45, 7) is 0. The number of carbonyl (C=O) groups is 2. The molecule has 0 saturated carbocycles. The Hall–Kier alpha value is -2.84. The molecule has 5 nitrogen and oxygen atoms in total. The molecule has 0 aliphatic carbocycles. The fourth-order valence-electron chi connectivity index (χ4n) is 3.12. The van der Waals surface area contributed by atoms with E-state index in [0.717, 1.165) is 4.47 Å². The first-order valence-electron chi connectivity index (χ1n) is 8.19. The van der Waals surface area contributed by atoms with Crippen LogP contribution in [0.5, 0.6) is 0 Å². The summed E-state index contributed by atoms with van der Waals surface area (Å²) in [6, 6.07) is 11.4. The van der Waals surface area contributed by atoms with E-state index < -0.39 is 23.5 Å². The molecule has 1 aliphatic rings. The van der Waals surface area contributed by atoms with Crippen LogP contribution < -0.4 is 4.90 Å². The van der Waals surface area contributed by atoms with E-state index in [-0.39, 0.29) is 16.9 Å². The molecule has 8 heteroatoms. The Bertz CT molecular complexity index is 1100. The Morgan fingerprint density at radius 1 is 1.18 bits per heavy atom. The summed E-state index contributed by atoms with van der Waals surface area (Å²) in [7, 11) is 0. The first kappa shape index (κ1) is 18.5. The molecule has 1 atom stereocenters. The van der Waals surface area contributed by atoms with Gasteiger partial charge in [-0.2, -0.15) is 0 Å². The third kappa shape index (κ3) is 3.14. The molecule has 1 aromatic heterocycles. The maximum absolute atomic E-state index is 13.3. The maximum Gasteiger partial charge on any atom is 0.301 e. The molecule has 1 fully saturated rings. The van der Waals surface area contributed by atoms with Crippen molar-refractivity contribution in [3.8, 4) is 0 Å². The summed E-state index contributed by atoms with van der Waals surface area (Å²) in [5.74, 6) is -2.42. The van der Waals surface area contributed by atoms with Gasteiger partial charge in [-0.05, 0) is 42.0 Å². The zero-order chi connectivity index (χ0) is 19.8. The molecule has 1 N–H and O–H groups in total. The van der Waals surface area contributed by atoms with E-state index in [2.05, 4.69) is 20.9 Å². The molecule has 0 bridgehead atoms. The number of aliphatic hydroxyl groups is 1. The standard InChI is InChI=1S/C20H12BrFN2O3S/c21-13-3-1-2-12(10-13)16-15(17(25)11-4-6-14(22)7-5-11)18(26)19(27)24(16)20-23-8-9-28-20/h1-10,16,25H/t16-/m1/s1. The second kappa shape index (κ2) is 7.29. The lowest BCUT2D eigenvalue weighted by Crippen LogP contribution is -2.29. The van der Waals surface area contributed by atoms with Crippen LogP contribution in [0.25, 0.3) is 5.76 Å². The molecule has 140 valence electrons. The number of nitrogens with zero attached hydrogens (tertiary/aromatic N) is 2. The van der Waals surface area contributed by atoms with Crippen molar-refractivity contribution in [2.24, 2.45) is 0 Å². The predicted octanol–water partition coefficient (Wildman–Crippen LogP) is 4.67. The van der Waals surface area contributed by atoms with Crippen molar-refractivity contribution in [2.45, 2.75) is 6.04 Å². The average molecular weight is 459 g/mol. The van der Waals surface area contributed by atoms with Gasteiger partial charge < -0.3 is 5.11 Å².